The fraction of sp³-hybridized carbons (Fsp3) is 0.538. The molecule has 0 radical (unpaired) electrons. The van der Waals surface area contributed by atoms with Crippen molar-refractivity contribution in [2.45, 2.75) is 78.4 Å². The lowest BCUT2D eigenvalue weighted by Gasteiger charge is -2.35. The van der Waals surface area contributed by atoms with E-state index in [9.17, 15) is 14.5 Å². The minimum Gasteiger partial charge on any atom is -0.382 e. The third kappa shape index (κ3) is 8.55. The van der Waals surface area contributed by atoms with Crippen LogP contribution in [0.5, 0.6) is 0 Å². The molecule has 1 amide bonds. The minimum absolute atomic E-state index is 0.276. The maximum atomic E-state index is 14.1. The molecule has 12 nitrogen and oxygen atoms in total. The van der Waals surface area contributed by atoms with Gasteiger partial charge >= 0.3 is 0 Å². The van der Waals surface area contributed by atoms with Crippen molar-refractivity contribution < 1.29 is 23.9 Å². The number of aliphatic hydroxyl groups excluding tert-OH is 1. The molecule has 39 heavy (non-hydrogen) atoms. The number of nitrogens with one attached hydrogen (secondary N) is 2. The summed E-state index contributed by atoms with van der Waals surface area (Å²) < 4.78 is 27.5. The van der Waals surface area contributed by atoms with Gasteiger partial charge in [-0.1, -0.05) is 37.5 Å². The number of nitrogens with zero attached hydrogens (tertiary/aromatic N) is 4. The molecule has 0 aliphatic carbocycles. The number of aromatic nitrogens is 4. The molecule has 1 aromatic carbocycles. The number of carbonyl (C=O) groups excluding carboxylic acids is 1. The van der Waals surface area contributed by atoms with Crippen LogP contribution >= 0.6 is 7.44 Å². The van der Waals surface area contributed by atoms with Crippen molar-refractivity contribution >= 4 is 30.3 Å². The first-order valence-electron chi connectivity index (χ1n) is 13.0. The third-order valence-corrected chi connectivity index (χ3v) is 8.14. The Balaban J connectivity index is 1.73. The molecule has 0 spiro atoms. The van der Waals surface area contributed by atoms with E-state index in [1.807, 2.05) is 6.92 Å². The molecule has 2 heterocycles. The number of aryl methyl sites for hydroxylation is 1. The number of unbranched alkanes of at least 4 members (excludes halogenated alkanes) is 2. The van der Waals surface area contributed by atoms with Crippen molar-refractivity contribution in [2.75, 3.05) is 18.7 Å². The van der Waals surface area contributed by atoms with Gasteiger partial charge < -0.3 is 24.9 Å². The van der Waals surface area contributed by atoms with Gasteiger partial charge in [0.25, 0.3) is 13.4 Å². The molecule has 3 aromatic rings. The van der Waals surface area contributed by atoms with Gasteiger partial charge in [-0.25, -0.2) is 20.0 Å². The van der Waals surface area contributed by atoms with Gasteiger partial charge in [-0.3, -0.25) is 14.4 Å². The highest BCUT2D eigenvalue weighted by atomic mass is 31.2. The summed E-state index contributed by atoms with van der Waals surface area (Å²) in [5.74, 6) is -0.249. The Morgan fingerprint density at radius 2 is 1.90 bits per heavy atom. The van der Waals surface area contributed by atoms with Crippen LogP contribution in [0.4, 0.5) is 5.82 Å². The molecule has 13 heteroatoms. The second kappa shape index (κ2) is 13.5. The number of fused-ring (bicyclic) bond motifs is 1. The summed E-state index contributed by atoms with van der Waals surface area (Å²) >= 11 is 0. The number of amides is 1. The second-order valence-electron chi connectivity index (χ2n) is 10.2. The van der Waals surface area contributed by atoms with Crippen molar-refractivity contribution in [1.82, 2.24) is 29.7 Å². The molecule has 0 saturated heterocycles. The minimum atomic E-state index is -3.76. The highest BCUT2D eigenvalue weighted by molar-refractivity contribution is 7.60. The summed E-state index contributed by atoms with van der Waals surface area (Å²) in [6.07, 6.45) is 3.70. The Labute approximate surface area is 229 Å². The van der Waals surface area contributed by atoms with Gasteiger partial charge in [-0.2, -0.15) is 0 Å². The number of nitrogen functional groups attached to an aromatic ring is 1. The van der Waals surface area contributed by atoms with Crippen molar-refractivity contribution in [2.24, 2.45) is 0 Å². The molecule has 5 N–H and O–H groups in total. The first kappa shape index (κ1) is 30.6. The van der Waals surface area contributed by atoms with Crippen LogP contribution in [-0.2, 0) is 20.6 Å². The van der Waals surface area contributed by atoms with E-state index < -0.39 is 31.3 Å². The topological polar surface area (TPSA) is 167 Å². The van der Waals surface area contributed by atoms with E-state index in [2.05, 4.69) is 32.1 Å². The standard InChI is InChI=1S/C26H40N7O5P/c1-6-7-8-13-37-25(35)26(4,5)32-39(36,31-24(34)20-11-9-18(2)10-12-20)17-38-19(3)14-33-16-30-21-22(27)28-15-29-23(21)33/h9-12,15-16,19,25,35H,6-8,13-14,17H2,1-5H3,(H2,27,28,29)(H2,31,32,34,36)/t19-,25?,39?/m1/s1. The number of rotatable bonds is 15. The molecule has 214 valence electrons. The zero-order valence-electron chi connectivity index (χ0n) is 23.3. The highest BCUT2D eigenvalue weighted by Crippen LogP contribution is 2.40. The molecule has 2 unspecified atom stereocenters. The van der Waals surface area contributed by atoms with Crippen molar-refractivity contribution in [3.8, 4) is 0 Å². The van der Waals surface area contributed by atoms with Gasteiger partial charge in [-0.05, 0) is 46.2 Å². The molecule has 0 aliphatic heterocycles. The fourth-order valence-electron chi connectivity index (χ4n) is 3.90. The van der Waals surface area contributed by atoms with Crippen LogP contribution in [0.15, 0.2) is 36.9 Å². The SMILES string of the molecule is CCCCCOC(O)C(C)(C)NP(=O)(CO[C@H](C)Cn1cnc2c(N)ncnc21)NC(=O)c1ccc(C)cc1. The maximum Gasteiger partial charge on any atom is 0.262 e. The van der Waals surface area contributed by atoms with Crippen LogP contribution in [0.2, 0.25) is 0 Å². The first-order chi connectivity index (χ1) is 18.4. The van der Waals surface area contributed by atoms with Gasteiger partial charge in [0.05, 0.1) is 24.5 Å². The number of anilines is 1. The van der Waals surface area contributed by atoms with Crippen molar-refractivity contribution in [1.29, 1.82) is 0 Å². The summed E-state index contributed by atoms with van der Waals surface area (Å²) in [6, 6.07) is 6.92. The number of hydrogen-bond acceptors (Lipinski definition) is 9. The molecule has 0 fully saturated rings. The fourth-order valence-corrected chi connectivity index (χ4v) is 6.04. The summed E-state index contributed by atoms with van der Waals surface area (Å²) in [4.78, 5) is 25.5. The number of ether oxygens (including phenoxy) is 2. The van der Waals surface area contributed by atoms with Crippen LogP contribution in [0, 0.1) is 6.92 Å². The van der Waals surface area contributed by atoms with Crippen molar-refractivity contribution in [3.63, 3.8) is 0 Å². The van der Waals surface area contributed by atoms with E-state index in [1.165, 1.54) is 6.33 Å². The van der Waals surface area contributed by atoms with E-state index in [0.717, 1.165) is 24.8 Å². The molecular weight excluding hydrogens is 521 g/mol. The molecule has 2 aromatic heterocycles. The van der Waals surface area contributed by atoms with Crippen LogP contribution in [-0.4, -0.2) is 61.4 Å². The Kier molecular flexibility index (Phi) is 10.6. The molecular formula is C26H40N7O5P. The lowest BCUT2D eigenvalue weighted by atomic mass is 10.1. The van der Waals surface area contributed by atoms with E-state index >= 15 is 0 Å². The molecule has 0 bridgehead atoms. The highest BCUT2D eigenvalue weighted by Gasteiger charge is 2.38. The number of imidazole rings is 1. The maximum absolute atomic E-state index is 14.1. The molecule has 0 saturated carbocycles. The van der Waals surface area contributed by atoms with Gasteiger partial charge in [-0.15, -0.1) is 0 Å². The van der Waals surface area contributed by atoms with Crippen molar-refractivity contribution in [3.05, 3.63) is 48.0 Å². The van der Waals surface area contributed by atoms with Gasteiger partial charge in [0.15, 0.2) is 17.8 Å². The first-order valence-corrected chi connectivity index (χ1v) is 14.9. The second-order valence-corrected chi connectivity index (χ2v) is 12.4. The zero-order valence-corrected chi connectivity index (χ0v) is 24.1. The zero-order chi connectivity index (χ0) is 28.6. The third-order valence-electron chi connectivity index (χ3n) is 6.13. The van der Waals surface area contributed by atoms with E-state index in [-0.39, 0.29) is 12.2 Å². The number of aliphatic hydroxyl groups is 1. The number of nitrogens with two attached hydrogens (primary N) is 1. The van der Waals surface area contributed by atoms with Gasteiger partial charge in [0.1, 0.15) is 18.2 Å². The summed E-state index contributed by atoms with van der Waals surface area (Å²) in [5.41, 5.74) is 7.09. The summed E-state index contributed by atoms with van der Waals surface area (Å²) in [7, 11) is -3.76. The average molecular weight is 562 g/mol. The van der Waals surface area contributed by atoms with E-state index in [4.69, 9.17) is 15.2 Å². The van der Waals surface area contributed by atoms with Crippen LogP contribution in [0.3, 0.4) is 0 Å². The smallest absolute Gasteiger partial charge is 0.262 e. The van der Waals surface area contributed by atoms with Crippen LogP contribution < -0.4 is 15.9 Å². The normalized spacial score (nSPS) is 15.1. The number of carbonyl (C=O) groups is 1. The van der Waals surface area contributed by atoms with Gasteiger partial charge in [0, 0.05) is 12.2 Å². The summed E-state index contributed by atoms with van der Waals surface area (Å²) in [6.45, 7) is 9.82. The molecule has 0 aliphatic rings. The summed E-state index contributed by atoms with van der Waals surface area (Å²) in [5, 5.41) is 16.3. The number of benzene rings is 1. The molecule has 3 atom stereocenters. The lowest BCUT2D eigenvalue weighted by molar-refractivity contribution is -0.140. The van der Waals surface area contributed by atoms with Gasteiger partial charge in [0.2, 0.25) is 0 Å². The Morgan fingerprint density at radius 3 is 2.59 bits per heavy atom. The van der Waals surface area contributed by atoms with E-state index in [0.29, 0.717) is 29.9 Å². The van der Waals surface area contributed by atoms with E-state index in [1.54, 1.807) is 55.9 Å². The lowest BCUT2D eigenvalue weighted by Crippen LogP contribution is -2.51. The quantitative estimate of drug-likeness (QED) is 0.122. The average Bonchev–Trinajstić information content (AvgIpc) is 3.29. The number of hydrogen-bond donors (Lipinski definition) is 4. The van der Waals surface area contributed by atoms with Crippen LogP contribution in [0.1, 0.15) is 62.9 Å². The molecule has 3 rings (SSSR count). The predicted molar refractivity (Wildman–Crippen MR) is 150 cm³/mol. The Morgan fingerprint density at radius 1 is 1.18 bits per heavy atom. The van der Waals surface area contributed by atoms with Crippen LogP contribution in [0.25, 0.3) is 11.2 Å². The largest absolute Gasteiger partial charge is 0.382 e. The predicted octanol–water partition coefficient (Wildman–Crippen LogP) is 3.60. The Bertz CT molecular complexity index is 1280. The monoisotopic (exact) mass is 561 g/mol. The Hall–Kier alpha value is -2.89.